The van der Waals surface area contributed by atoms with Crippen LogP contribution in [0.4, 0.5) is 13.2 Å². The first-order chi connectivity index (χ1) is 5.43. The zero-order valence-electron chi connectivity index (χ0n) is 5.78. The molecule has 1 fully saturated rings. The van der Waals surface area contributed by atoms with Crippen molar-refractivity contribution < 1.29 is 18.0 Å². The number of hydrogen-bond acceptors (Lipinski definition) is 2. The summed E-state index contributed by atoms with van der Waals surface area (Å²) >= 11 is 2.66. The lowest BCUT2D eigenvalue weighted by atomic mass is 10.1. The maximum Gasteiger partial charge on any atom is 0.405 e. The summed E-state index contributed by atoms with van der Waals surface area (Å²) < 4.78 is 36.3. The molecule has 12 heavy (non-hydrogen) atoms. The van der Waals surface area contributed by atoms with Gasteiger partial charge in [0.2, 0.25) is 5.91 Å². The molecule has 0 spiro atoms. The second-order valence-electron chi connectivity index (χ2n) is 2.34. The molecule has 1 aliphatic rings. The Morgan fingerprint density at radius 3 is 2.50 bits per heavy atom. The summed E-state index contributed by atoms with van der Waals surface area (Å²) in [5.41, 5.74) is 0. The van der Waals surface area contributed by atoms with E-state index in [4.69, 9.17) is 0 Å². The Morgan fingerprint density at radius 2 is 2.08 bits per heavy atom. The zero-order valence-corrected chi connectivity index (χ0v) is 7.37. The maximum absolute atomic E-state index is 12.1. The van der Waals surface area contributed by atoms with Gasteiger partial charge in [-0.05, 0) is 0 Å². The predicted octanol–water partition coefficient (Wildman–Crippen LogP) is 0.358. The van der Waals surface area contributed by atoms with Gasteiger partial charge in [-0.25, -0.2) is 0 Å². The van der Waals surface area contributed by atoms with Crippen molar-refractivity contribution in [3.05, 3.63) is 0 Å². The van der Waals surface area contributed by atoms with Gasteiger partial charge in [-0.15, -0.1) is 0 Å². The second kappa shape index (κ2) is 3.21. The van der Waals surface area contributed by atoms with Gasteiger partial charge in [0.25, 0.3) is 0 Å². The van der Waals surface area contributed by atoms with Crippen LogP contribution in [-0.2, 0) is 4.79 Å². The first-order valence-corrected chi connectivity index (χ1v) is 4.06. The number of hydrogen-bond donors (Lipinski definition) is 2. The van der Waals surface area contributed by atoms with Crippen molar-refractivity contribution in [3.63, 3.8) is 0 Å². The maximum atomic E-state index is 12.1. The third kappa shape index (κ3) is 1.89. The molecular formula is C5H6BrF3N2O. The number of amides is 1. The van der Waals surface area contributed by atoms with E-state index in [0.717, 1.165) is 0 Å². The first kappa shape index (κ1) is 9.79. The highest BCUT2D eigenvalue weighted by Gasteiger charge is 2.47. The minimum Gasteiger partial charge on any atom is -0.343 e. The van der Waals surface area contributed by atoms with Crippen molar-refractivity contribution in [2.75, 3.05) is 6.67 Å². The molecule has 2 atom stereocenters. The number of alkyl halides is 4. The Balaban J connectivity index is 2.70. The van der Waals surface area contributed by atoms with Crippen LogP contribution in [0.5, 0.6) is 0 Å². The van der Waals surface area contributed by atoms with Crippen molar-refractivity contribution in [3.8, 4) is 0 Å². The molecule has 0 aromatic carbocycles. The largest absolute Gasteiger partial charge is 0.405 e. The van der Waals surface area contributed by atoms with E-state index < -0.39 is 23.0 Å². The van der Waals surface area contributed by atoms with E-state index in [1.165, 1.54) is 0 Å². The van der Waals surface area contributed by atoms with E-state index in [1.54, 1.807) is 0 Å². The highest BCUT2D eigenvalue weighted by Crippen LogP contribution is 2.27. The summed E-state index contributed by atoms with van der Waals surface area (Å²) in [5, 5.41) is 4.37. The molecule has 1 aliphatic heterocycles. The Bertz CT molecular complexity index is 196. The molecule has 0 aliphatic carbocycles. The van der Waals surface area contributed by atoms with Crippen LogP contribution in [0.25, 0.3) is 0 Å². The summed E-state index contributed by atoms with van der Waals surface area (Å²) in [4.78, 5) is 9.51. The standard InChI is InChI=1S/C5H6BrF3N2O/c6-2-3(5(7,8)9)10-1-11-4(2)12/h2-3,10H,1H2,(H,11,12). The molecule has 0 bridgehead atoms. The van der Waals surface area contributed by atoms with Gasteiger partial charge < -0.3 is 5.32 Å². The van der Waals surface area contributed by atoms with Crippen LogP contribution in [0.2, 0.25) is 0 Å². The number of carbonyl (C=O) groups is 1. The van der Waals surface area contributed by atoms with Crippen LogP contribution >= 0.6 is 15.9 Å². The lowest BCUT2D eigenvalue weighted by Gasteiger charge is -2.29. The van der Waals surface area contributed by atoms with Gasteiger partial charge in [0.15, 0.2) is 0 Å². The molecule has 1 amide bonds. The highest BCUT2D eigenvalue weighted by molar-refractivity contribution is 9.10. The van der Waals surface area contributed by atoms with E-state index in [0.29, 0.717) is 0 Å². The lowest BCUT2D eigenvalue weighted by molar-refractivity contribution is -0.164. The van der Waals surface area contributed by atoms with Gasteiger partial charge in [0.05, 0.1) is 6.67 Å². The van der Waals surface area contributed by atoms with E-state index in [9.17, 15) is 18.0 Å². The average molecular weight is 247 g/mol. The van der Waals surface area contributed by atoms with Crippen LogP contribution in [0.3, 0.4) is 0 Å². The van der Waals surface area contributed by atoms with Crippen LogP contribution in [0, 0.1) is 0 Å². The Kier molecular flexibility index (Phi) is 2.62. The molecule has 0 aromatic heterocycles. The van der Waals surface area contributed by atoms with Crippen molar-refractivity contribution >= 4 is 21.8 Å². The number of carbonyl (C=O) groups excluding carboxylic acids is 1. The van der Waals surface area contributed by atoms with Crippen LogP contribution in [0.15, 0.2) is 0 Å². The third-order valence-corrected chi connectivity index (χ3v) is 2.42. The average Bonchev–Trinajstić information content (AvgIpc) is 1.92. The second-order valence-corrected chi connectivity index (χ2v) is 3.33. The van der Waals surface area contributed by atoms with Crippen molar-refractivity contribution in [1.82, 2.24) is 10.6 Å². The SMILES string of the molecule is O=C1NCNC(C(F)(F)F)C1Br. The Hall–Kier alpha value is -0.300. The molecule has 0 radical (unpaired) electrons. The van der Waals surface area contributed by atoms with Crippen LogP contribution in [-0.4, -0.2) is 29.6 Å². The molecule has 70 valence electrons. The Labute approximate surface area is 74.8 Å². The minimum atomic E-state index is -4.40. The molecule has 0 aromatic rings. The lowest BCUT2D eigenvalue weighted by Crippen LogP contribution is -2.61. The molecule has 7 heteroatoms. The number of nitrogens with one attached hydrogen (secondary N) is 2. The number of halogens is 4. The summed E-state index contributed by atoms with van der Waals surface area (Å²) in [6, 6.07) is -1.80. The number of rotatable bonds is 0. The monoisotopic (exact) mass is 246 g/mol. The zero-order chi connectivity index (χ0) is 9.35. The Morgan fingerprint density at radius 1 is 1.50 bits per heavy atom. The molecule has 3 nitrogen and oxygen atoms in total. The van der Waals surface area contributed by atoms with Crippen molar-refractivity contribution in [2.24, 2.45) is 0 Å². The van der Waals surface area contributed by atoms with Crippen LogP contribution < -0.4 is 10.6 Å². The third-order valence-electron chi connectivity index (χ3n) is 1.48. The molecule has 1 saturated heterocycles. The smallest absolute Gasteiger partial charge is 0.343 e. The van der Waals surface area contributed by atoms with Gasteiger partial charge in [-0.3, -0.25) is 10.1 Å². The quantitative estimate of drug-likeness (QED) is 0.607. The van der Waals surface area contributed by atoms with Gasteiger partial charge in [0, 0.05) is 0 Å². The first-order valence-electron chi connectivity index (χ1n) is 3.15. The minimum absolute atomic E-state index is 0.148. The molecule has 0 saturated carbocycles. The van der Waals surface area contributed by atoms with Gasteiger partial charge >= 0.3 is 6.18 Å². The summed E-state index contributed by atoms with van der Waals surface area (Å²) in [6.07, 6.45) is -4.40. The fraction of sp³-hybridized carbons (Fsp3) is 0.800. The van der Waals surface area contributed by atoms with E-state index in [-0.39, 0.29) is 6.67 Å². The van der Waals surface area contributed by atoms with E-state index >= 15 is 0 Å². The predicted molar refractivity (Wildman–Crippen MR) is 38.7 cm³/mol. The molecule has 1 heterocycles. The molecule has 2 unspecified atom stereocenters. The fourth-order valence-electron chi connectivity index (χ4n) is 0.882. The molecule has 1 rings (SSSR count). The van der Waals surface area contributed by atoms with E-state index in [2.05, 4.69) is 26.6 Å². The molecular weight excluding hydrogens is 241 g/mol. The van der Waals surface area contributed by atoms with Crippen molar-refractivity contribution in [1.29, 1.82) is 0 Å². The highest BCUT2D eigenvalue weighted by atomic mass is 79.9. The van der Waals surface area contributed by atoms with Gasteiger partial charge in [0.1, 0.15) is 10.9 Å². The fourth-order valence-corrected chi connectivity index (χ4v) is 1.53. The van der Waals surface area contributed by atoms with Gasteiger partial charge in [-0.2, -0.15) is 13.2 Å². The normalized spacial score (nSPS) is 31.5. The topological polar surface area (TPSA) is 41.1 Å². The summed E-state index contributed by atoms with van der Waals surface area (Å²) in [6.45, 7) is -0.148. The summed E-state index contributed by atoms with van der Waals surface area (Å²) in [7, 11) is 0. The molecule has 2 N–H and O–H groups in total. The summed E-state index contributed by atoms with van der Waals surface area (Å²) in [5.74, 6) is -0.643. The van der Waals surface area contributed by atoms with Crippen molar-refractivity contribution in [2.45, 2.75) is 17.0 Å². The van der Waals surface area contributed by atoms with Crippen LogP contribution in [0.1, 0.15) is 0 Å². The van der Waals surface area contributed by atoms with E-state index in [1.807, 2.05) is 0 Å². The van der Waals surface area contributed by atoms with Gasteiger partial charge in [-0.1, -0.05) is 15.9 Å².